The highest BCUT2D eigenvalue weighted by Gasteiger charge is 2.14. The normalized spacial score (nSPS) is 20.2. The topological polar surface area (TPSA) is 37.3 Å². The summed E-state index contributed by atoms with van der Waals surface area (Å²) in [5.74, 6) is 0. The van der Waals surface area contributed by atoms with Crippen LogP contribution in [0.5, 0.6) is 0 Å². The highest BCUT2D eigenvalue weighted by atomic mass is 16.1. The third-order valence-electron chi connectivity index (χ3n) is 3.57. The molecule has 1 atom stereocenters. The van der Waals surface area contributed by atoms with Crippen molar-refractivity contribution in [3.8, 4) is 0 Å². The van der Waals surface area contributed by atoms with E-state index in [0.29, 0.717) is 6.04 Å². The van der Waals surface area contributed by atoms with Gasteiger partial charge in [-0.3, -0.25) is 4.79 Å². The Morgan fingerprint density at radius 2 is 2.33 bits per heavy atom. The first-order valence-electron chi connectivity index (χ1n) is 6.83. The van der Waals surface area contributed by atoms with Crippen LogP contribution in [-0.2, 0) is 6.54 Å². The van der Waals surface area contributed by atoms with Crippen molar-refractivity contribution in [2.45, 2.75) is 31.8 Å². The summed E-state index contributed by atoms with van der Waals surface area (Å²) < 4.78 is 1.77. The molecule has 4 nitrogen and oxygen atoms in total. The zero-order chi connectivity index (χ0) is 12.8. The lowest BCUT2D eigenvalue weighted by molar-refractivity contribution is 0.254. The van der Waals surface area contributed by atoms with Crippen LogP contribution in [0.15, 0.2) is 29.2 Å². The summed E-state index contributed by atoms with van der Waals surface area (Å²) in [7, 11) is 2.13. The third kappa shape index (κ3) is 3.96. The van der Waals surface area contributed by atoms with E-state index in [0.717, 1.165) is 26.2 Å². The minimum absolute atomic E-state index is 0.0849. The van der Waals surface area contributed by atoms with Crippen molar-refractivity contribution in [1.29, 1.82) is 0 Å². The Balaban J connectivity index is 1.76. The van der Waals surface area contributed by atoms with Crippen molar-refractivity contribution >= 4 is 0 Å². The molecule has 1 N–H and O–H groups in total. The van der Waals surface area contributed by atoms with Crippen LogP contribution in [0.2, 0.25) is 0 Å². The summed E-state index contributed by atoms with van der Waals surface area (Å²) in [6.45, 7) is 3.91. The first-order valence-corrected chi connectivity index (χ1v) is 6.83. The van der Waals surface area contributed by atoms with Gasteiger partial charge in [-0.1, -0.05) is 12.5 Å². The third-order valence-corrected chi connectivity index (χ3v) is 3.57. The van der Waals surface area contributed by atoms with Crippen LogP contribution >= 0.6 is 0 Å². The summed E-state index contributed by atoms with van der Waals surface area (Å²) >= 11 is 0. The minimum atomic E-state index is 0.0849. The molecule has 1 fully saturated rings. The molecule has 0 bridgehead atoms. The van der Waals surface area contributed by atoms with Crippen LogP contribution in [0, 0.1) is 0 Å². The van der Waals surface area contributed by atoms with E-state index in [4.69, 9.17) is 0 Å². The zero-order valence-corrected chi connectivity index (χ0v) is 11.1. The fourth-order valence-corrected chi connectivity index (χ4v) is 2.47. The van der Waals surface area contributed by atoms with E-state index in [1.165, 1.54) is 19.3 Å². The summed E-state index contributed by atoms with van der Waals surface area (Å²) in [5.41, 5.74) is 0.0849. The summed E-state index contributed by atoms with van der Waals surface area (Å²) in [6.07, 6.45) is 5.77. The van der Waals surface area contributed by atoms with E-state index in [1.807, 2.05) is 12.3 Å². The lowest BCUT2D eigenvalue weighted by atomic mass is 10.0. The number of rotatable bonds is 5. The monoisotopic (exact) mass is 249 g/mol. The number of nitrogens with zero attached hydrogens (tertiary/aromatic N) is 2. The quantitative estimate of drug-likeness (QED) is 0.843. The number of likely N-dealkylation sites (N-methyl/N-ethyl adjacent to an activating group) is 1. The molecule has 1 unspecified atom stereocenters. The first kappa shape index (κ1) is 13.3. The van der Waals surface area contributed by atoms with Crippen molar-refractivity contribution < 1.29 is 0 Å². The fourth-order valence-electron chi connectivity index (χ4n) is 2.47. The van der Waals surface area contributed by atoms with Gasteiger partial charge in [-0.05, 0) is 32.5 Å². The molecule has 2 rings (SSSR count). The van der Waals surface area contributed by atoms with Crippen molar-refractivity contribution in [2.75, 3.05) is 26.7 Å². The molecule has 1 aliphatic heterocycles. The largest absolute Gasteiger partial charge is 0.314 e. The molecular weight excluding hydrogens is 226 g/mol. The fraction of sp³-hybridized carbons (Fsp3) is 0.643. The van der Waals surface area contributed by atoms with Crippen molar-refractivity contribution in [3.63, 3.8) is 0 Å². The van der Waals surface area contributed by atoms with E-state index in [9.17, 15) is 4.79 Å². The minimum Gasteiger partial charge on any atom is -0.314 e. The van der Waals surface area contributed by atoms with Gasteiger partial charge in [-0.2, -0.15) is 0 Å². The van der Waals surface area contributed by atoms with E-state index in [2.05, 4.69) is 17.3 Å². The maximum absolute atomic E-state index is 11.6. The Hall–Kier alpha value is -1.13. The van der Waals surface area contributed by atoms with Gasteiger partial charge in [0.25, 0.3) is 5.56 Å². The number of piperidine rings is 1. The number of hydrogen-bond donors (Lipinski definition) is 1. The van der Waals surface area contributed by atoms with Gasteiger partial charge in [-0.25, -0.2) is 0 Å². The Bertz CT molecular complexity index is 410. The second-order valence-corrected chi connectivity index (χ2v) is 5.14. The zero-order valence-electron chi connectivity index (χ0n) is 11.1. The highest BCUT2D eigenvalue weighted by molar-refractivity contribution is 4.93. The van der Waals surface area contributed by atoms with Crippen LogP contribution < -0.4 is 10.9 Å². The molecule has 0 aromatic carbocycles. The molecule has 0 radical (unpaired) electrons. The molecule has 0 amide bonds. The summed E-state index contributed by atoms with van der Waals surface area (Å²) in [6, 6.07) is 5.93. The molecule has 2 heterocycles. The van der Waals surface area contributed by atoms with Gasteiger partial charge in [0.05, 0.1) is 0 Å². The van der Waals surface area contributed by atoms with Gasteiger partial charge in [0.15, 0.2) is 0 Å². The summed E-state index contributed by atoms with van der Waals surface area (Å²) in [5, 5.41) is 3.55. The van der Waals surface area contributed by atoms with E-state index in [-0.39, 0.29) is 5.56 Å². The van der Waals surface area contributed by atoms with Crippen molar-refractivity contribution in [3.05, 3.63) is 34.7 Å². The van der Waals surface area contributed by atoms with Gasteiger partial charge in [0, 0.05) is 37.9 Å². The molecule has 1 aromatic heterocycles. The predicted molar refractivity (Wildman–Crippen MR) is 73.8 cm³/mol. The van der Waals surface area contributed by atoms with E-state index < -0.39 is 0 Å². The molecule has 18 heavy (non-hydrogen) atoms. The Morgan fingerprint density at radius 1 is 1.44 bits per heavy atom. The Labute approximate surface area is 109 Å². The molecule has 1 saturated heterocycles. The average molecular weight is 249 g/mol. The standard InChI is InChI=1S/C14H23N3O/c1-16(12-13-6-2-4-8-15-13)10-11-17-9-5-3-7-14(17)18/h3,5,7,9,13,15H,2,4,6,8,10-12H2,1H3. The highest BCUT2D eigenvalue weighted by Crippen LogP contribution is 2.07. The van der Waals surface area contributed by atoms with Gasteiger partial charge in [0.1, 0.15) is 0 Å². The van der Waals surface area contributed by atoms with Crippen LogP contribution in [0.25, 0.3) is 0 Å². The molecule has 0 aliphatic carbocycles. The second kappa shape index (κ2) is 6.71. The molecule has 4 heteroatoms. The van der Waals surface area contributed by atoms with Crippen LogP contribution in [0.4, 0.5) is 0 Å². The van der Waals surface area contributed by atoms with E-state index in [1.54, 1.807) is 16.7 Å². The van der Waals surface area contributed by atoms with Crippen molar-refractivity contribution in [2.24, 2.45) is 0 Å². The predicted octanol–water partition coefficient (Wildman–Crippen LogP) is 0.922. The first-order chi connectivity index (χ1) is 8.75. The molecular formula is C14H23N3O. The second-order valence-electron chi connectivity index (χ2n) is 5.14. The molecule has 0 saturated carbocycles. The lowest BCUT2D eigenvalue weighted by Gasteiger charge is -2.28. The smallest absolute Gasteiger partial charge is 0.250 e. The maximum atomic E-state index is 11.6. The van der Waals surface area contributed by atoms with Gasteiger partial charge >= 0.3 is 0 Å². The summed E-state index contributed by atoms with van der Waals surface area (Å²) in [4.78, 5) is 13.9. The van der Waals surface area contributed by atoms with Crippen LogP contribution in [-0.4, -0.2) is 42.2 Å². The molecule has 1 aliphatic rings. The maximum Gasteiger partial charge on any atom is 0.250 e. The average Bonchev–Trinajstić information content (AvgIpc) is 2.39. The Kier molecular flexibility index (Phi) is 4.96. The number of pyridine rings is 1. The van der Waals surface area contributed by atoms with Gasteiger partial charge in [0.2, 0.25) is 0 Å². The van der Waals surface area contributed by atoms with Crippen molar-refractivity contribution in [1.82, 2.24) is 14.8 Å². The van der Waals surface area contributed by atoms with Crippen LogP contribution in [0.1, 0.15) is 19.3 Å². The van der Waals surface area contributed by atoms with Crippen LogP contribution in [0.3, 0.4) is 0 Å². The van der Waals surface area contributed by atoms with Gasteiger partial charge < -0.3 is 14.8 Å². The van der Waals surface area contributed by atoms with Gasteiger partial charge in [-0.15, -0.1) is 0 Å². The molecule has 100 valence electrons. The SMILES string of the molecule is CN(CCn1ccccc1=O)CC1CCCCN1. The molecule has 1 aromatic rings. The Morgan fingerprint density at radius 3 is 3.06 bits per heavy atom. The molecule has 0 spiro atoms. The number of hydrogen-bond acceptors (Lipinski definition) is 3. The number of nitrogens with one attached hydrogen (secondary N) is 1. The van der Waals surface area contributed by atoms with E-state index >= 15 is 0 Å². The lowest BCUT2D eigenvalue weighted by Crippen LogP contribution is -2.43. The number of aromatic nitrogens is 1.